The van der Waals surface area contributed by atoms with E-state index >= 15 is 0 Å². The van der Waals surface area contributed by atoms with Crippen LogP contribution in [0.2, 0.25) is 18.1 Å². The highest BCUT2D eigenvalue weighted by Gasteiger charge is 2.28. The van der Waals surface area contributed by atoms with Crippen molar-refractivity contribution in [2.45, 2.75) is 212 Å². The molecule has 0 nitrogen and oxygen atoms in total. The molecule has 0 aliphatic carbocycles. The van der Waals surface area contributed by atoms with Gasteiger partial charge in [-0.05, 0) is 18.1 Å². The van der Waals surface area contributed by atoms with Crippen LogP contribution in [0.4, 0.5) is 0 Å². The van der Waals surface area contributed by atoms with E-state index < -0.39 is 7.38 Å². The van der Waals surface area contributed by atoms with Crippen LogP contribution >= 0.6 is 11.1 Å². The quantitative estimate of drug-likeness (QED) is 0.0493. The molecule has 0 aromatic heterocycles. The second-order valence-electron chi connectivity index (χ2n) is 11.9. The van der Waals surface area contributed by atoms with Crippen LogP contribution < -0.4 is 0 Å². The lowest BCUT2D eigenvalue weighted by molar-refractivity contribution is 0.565. The number of unbranched alkanes of at least 4 members (excludes halogenated alkanes) is 24. The monoisotopic (exact) mass is 528 g/mol. The molecule has 0 atom stereocenters. The summed E-state index contributed by atoms with van der Waals surface area (Å²) in [5.41, 5.74) is 0. The van der Waals surface area contributed by atoms with Gasteiger partial charge in [-0.2, -0.15) is 11.1 Å². The summed E-state index contributed by atoms with van der Waals surface area (Å²) in [6.07, 6.45) is 38.7. The Balaban J connectivity index is 4.05. The van der Waals surface area contributed by atoms with Gasteiger partial charge < -0.3 is 0 Å². The third-order valence-corrected chi connectivity index (χ3v) is 13.6. The minimum atomic E-state index is -1.54. The molecule has 0 amide bonds. The number of hydrogen-bond donors (Lipinski definition) is 0. The first-order valence-electron chi connectivity index (χ1n) is 16.9. The summed E-state index contributed by atoms with van der Waals surface area (Å²) >= 11 is 7.47. The van der Waals surface area contributed by atoms with Crippen LogP contribution in [0, 0.1) is 0 Å². The van der Waals surface area contributed by atoms with Crippen LogP contribution in [0.5, 0.6) is 0 Å². The zero-order chi connectivity index (χ0) is 25.7. The van der Waals surface area contributed by atoms with E-state index in [-0.39, 0.29) is 0 Å². The van der Waals surface area contributed by atoms with Gasteiger partial charge in [0.05, 0.1) is 0 Å². The third-order valence-electron chi connectivity index (χ3n) is 8.19. The van der Waals surface area contributed by atoms with Gasteiger partial charge in [0.1, 0.15) is 0 Å². The Morgan fingerprint density at radius 2 is 0.457 bits per heavy atom. The molecule has 35 heavy (non-hydrogen) atoms. The maximum atomic E-state index is 7.47. The van der Waals surface area contributed by atoms with E-state index in [2.05, 4.69) is 20.8 Å². The van der Waals surface area contributed by atoms with Gasteiger partial charge in [-0.3, -0.25) is 0 Å². The van der Waals surface area contributed by atoms with E-state index in [1.54, 1.807) is 0 Å². The van der Waals surface area contributed by atoms with Crippen molar-refractivity contribution < 1.29 is 0 Å². The normalized spacial score (nSPS) is 12.0. The van der Waals surface area contributed by atoms with Crippen molar-refractivity contribution in [3.8, 4) is 0 Å². The molecule has 0 radical (unpaired) electrons. The maximum absolute atomic E-state index is 7.47. The summed E-state index contributed by atoms with van der Waals surface area (Å²) in [5.74, 6) is 0. The SMILES string of the molecule is CCCCCCCCCCC[Si](Cl)(CCCCCCCCCCC)CCCCCCCCCCC. The lowest BCUT2D eigenvalue weighted by Crippen LogP contribution is -2.26. The Morgan fingerprint density at radius 3 is 0.657 bits per heavy atom. The van der Waals surface area contributed by atoms with Crippen LogP contribution in [-0.4, -0.2) is 7.38 Å². The fourth-order valence-electron chi connectivity index (χ4n) is 5.63. The molecular weight excluding hydrogens is 460 g/mol. The summed E-state index contributed by atoms with van der Waals surface area (Å²) in [5, 5.41) is 0. The fraction of sp³-hybridized carbons (Fsp3) is 1.00. The molecule has 0 spiro atoms. The molecule has 0 aliphatic heterocycles. The topological polar surface area (TPSA) is 0 Å². The standard InChI is InChI=1S/C33H69ClSi/c1-4-7-10-13-16-19-22-25-28-31-35(34,32-29-26-23-20-17-14-11-8-5-2)33-30-27-24-21-18-15-12-9-6-3/h4-33H2,1-3H3. The molecular formula is C33H69ClSi. The third kappa shape index (κ3) is 27.4. The predicted octanol–water partition coefficient (Wildman–Crippen LogP) is 13.8. The van der Waals surface area contributed by atoms with Crippen molar-refractivity contribution in [1.29, 1.82) is 0 Å². The maximum Gasteiger partial charge on any atom is 0.156 e. The van der Waals surface area contributed by atoms with Gasteiger partial charge in [-0.15, -0.1) is 0 Å². The Kier molecular flexibility index (Phi) is 29.5. The minimum absolute atomic E-state index is 1.36. The summed E-state index contributed by atoms with van der Waals surface area (Å²) < 4.78 is 0. The summed E-state index contributed by atoms with van der Waals surface area (Å²) in [7, 11) is -1.54. The first-order valence-corrected chi connectivity index (χ1v) is 20.5. The molecule has 2 heteroatoms. The Hall–Kier alpha value is 0.507. The van der Waals surface area contributed by atoms with E-state index in [0.29, 0.717) is 0 Å². The van der Waals surface area contributed by atoms with Crippen LogP contribution in [0.3, 0.4) is 0 Å². The van der Waals surface area contributed by atoms with E-state index in [9.17, 15) is 0 Å². The van der Waals surface area contributed by atoms with E-state index in [0.717, 1.165) is 0 Å². The highest BCUT2D eigenvalue weighted by atomic mass is 35.6. The zero-order valence-electron chi connectivity index (χ0n) is 25.1. The number of halogens is 1. The molecule has 0 aromatic rings. The molecule has 0 unspecified atom stereocenters. The largest absolute Gasteiger partial charge is 0.167 e. The summed E-state index contributed by atoms with van der Waals surface area (Å²) in [4.78, 5) is 0. The molecule has 0 N–H and O–H groups in total. The summed E-state index contributed by atoms with van der Waals surface area (Å²) in [6.45, 7) is 6.93. The van der Waals surface area contributed by atoms with Crippen LogP contribution in [-0.2, 0) is 0 Å². The van der Waals surface area contributed by atoms with Crippen LogP contribution in [0.15, 0.2) is 0 Å². The van der Waals surface area contributed by atoms with Gasteiger partial charge in [0.15, 0.2) is 7.38 Å². The minimum Gasteiger partial charge on any atom is -0.167 e. The molecule has 0 heterocycles. The van der Waals surface area contributed by atoms with Gasteiger partial charge in [0.2, 0.25) is 0 Å². The second kappa shape index (κ2) is 29.1. The van der Waals surface area contributed by atoms with E-state index in [1.807, 2.05) is 0 Å². The number of hydrogen-bond acceptors (Lipinski definition) is 0. The van der Waals surface area contributed by atoms with Crippen molar-refractivity contribution in [3.63, 3.8) is 0 Å². The Labute approximate surface area is 230 Å². The zero-order valence-corrected chi connectivity index (χ0v) is 26.8. The first kappa shape index (κ1) is 35.5. The fourth-order valence-corrected chi connectivity index (χ4v) is 10.2. The summed E-state index contributed by atoms with van der Waals surface area (Å²) in [6, 6.07) is 4.20. The molecule has 212 valence electrons. The smallest absolute Gasteiger partial charge is 0.156 e. The average Bonchev–Trinajstić information content (AvgIpc) is 2.86. The second-order valence-corrected chi connectivity index (χ2v) is 18.1. The van der Waals surface area contributed by atoms with E-state index in [4.69, 9.17) is 11.1 Å². The number of rotatable bonds is 30. The molecule has 0 bridgehead atoms. The van der Waals surface area contributed by atoms with Gasteiger partial charge >= 0.3 is 0 Å². The molecule has 0 aromatic carbocycles. The van der Waals surface area contributed by atoms with Gasteiger partial charge in [0, 0.05) is 0 Å². The van der Waals surface area contributed by atoms with Crippen LogP contribution in [0.1, 0.15) is 194 Å². The predicted molar refractivity (Wildman–Crippen MR) is 168 cm³/mol. The van der Waals surface area contributed by atoms with Crippen LogP contribution in [0.25, 0.3) is 0 Å². The average molecular weight is 529 g/mol. The Bertz CT molecular complexity index is 328. The highest BCUT2D eigenvalue weighted by molar-refractivity contribution is 7.20. The highest BCUT2D eigenvalue weighted by Crippen LogP contribution is 2.33. The van der Waals surface area contributed by atoms with E-state index in [1.165, 1.54) is 191 Å². The molecule has 0 fully saturated rings. The molecule has 0 aliphatic rings. The lowest BCUT2D eigenvalue weighted by atomic mass is 10.1. The Morgan fingerprint density at radius 1 is 0.286 bits per heavy atom. The first-order chi connectivity index (χ1) is 17.2. The van der Waals surface area contributed by atoms with Crippen molar-refractivity contribution >= 4 is 18.5 Å². The van der Waals surface area contributed by atoms with Crippen molar-refractivity contribution in [1.82, 2.24) is 0 Å². The van der Waals surface area contributed by atoms with Crippen molar-refractivity contribution in [3.05, 3.63) is 0 Å². The molecule has 0 saturated carbocycles. The molecule has 0 rings (SSSR count). The lowest BCUT2D eigenvalue weighted by Gasteiger charge is -2.25. The molecule has 0 saturated heterocycles. The van der Waals surface area contributed by atoms with Gasteiger partial charge in [0.25, 0.3) is 0 Å². The van der Waals surface area contributed by atoms with Crippen molar-refractivity contribution in [2.24, 2.45) is 0 Å². The van der Waals surface area contributed by atoms with Crippen molar-refractivity contribution in [2.75, 3.05) is 0 Å². The van der Waals surface area contributed by atoms with Gasteiger partial charge in [-0.25, -0.2) is 0 Å². The van der Waals surface area contributed by atoms with Gasteiger partial charge in [-0.1, -0.05) is 194 Å².